The van der Waals surface area contributed by atoms with Crippen LogP contribution in [0.3, 0.4) is 0 Å². The van der Waals surface area contributed by atoms with Gasteiger partial charge in [0.1, 0.15) is 18.1 Å². The summed E-state index contributed by atoms with van der Waals surface area (Å²) in [6.07, 6.45) is 1.93. The minimum absolute atomic E-state index is 0.164. The van der Waals surface area contributed by atoms with Crippen LogP contribution in [-0.4, -0.2) is 37.0 Å². The second-order valence-corrected chi connectivity index (χ2v) is 6.92. The van der Waals surface area contributed by atoms with E-state index in [2.05, 4.69) is 17.3 Å². The molecule has 0 unspecified atom stereocenters. The fraction of sp³-hybridized carbons (Fsp3) is 0.421. The van der Waals surface area contributed by atoms with Gasteiger partial charge in [0, 0.05) is 11.1 Å². The number of aryl methyl sites for hydroxylation is 1. The molecule has 1 aromatic carbocycles. The predicted octanol–water partition coefficient (Wildman–Crippen LogP) is 3.64. The van der Waals surface area contributed by atoms with Crippen LogP contribution in [0.1, 0.15) is 34.7 Å². The molecule has 0 bridgehead atoms. The third-order valence-corrected chi connectivity index (χ3v) is 4.87. The number of carbonyl (C=O) groups excluding carboxylic acids is 1. The zero-order chi connectivity index (χ0) is 17.8. The molecule has 0 spiro atoms. The summed E-state index contributed by atoms with van der Waals surface area (Å²) in [4.78, 5) is 14.6. The Kier molecular flexibility index (Phi) is 5.66. The number of carbonyl (C=O) groups is 1. The lowest BCUT2D eigenvalue weighted by molar-refractivity contribution is 0.0884. The van der Waals surface area contributed by atoms with Gasteiger partial charge in [0.15, 0.2) is 5.76 Å². The molecule has 3 rings (SSSR count). The molecule has 134 valence electrons. The van der Waals surface area contributed by atoms with E-state index < -0.39 is 0 Å². The van der Waals surface area contributed by atoms with Crippen molar-refractivity contribution in [2.24, 2.45) is 0 Å². The first-order chi connectivity index (χ1) is 12.0. The lowest BCUT2D eigenvalue weighted by Gasteiger charge is -2.29. The fourth-order valence-electron chi connectivity index (χ4n) is 2.85. The van der Waals surface area contributed by atoms with Gasteiger partial charge in [-0.25, -0.2) is 0 Å². The molecule has 0 atom stereocenters. The smallest absolute Gasteiger partial charge is 0.287 e. The average Bonchev–Trinajstić information content (AvgIpc) is 3.07. The minimum Gasteiger partial charge on any atom is -0.486 e. The Hall–Kier alpha value is -1.98. The van der Waals surface area contributed by atoms with Crippen LogP contribution < -0.4 is 10.1 Å². The van der Waals surface area contributed by atoms with Gasteiger partial charge in [-0.15, -0.1) is 0 Å². The quantitative estimate of drug-likeness (QED) is 0.882. The van der Waals surface area contributed by atoms with Gasteiger partial charge in [-0.1, -0.05) is 11.6 Å². The van der Waals surface area contributed by atoms with Crippen LogP contribution >= 0.6 is 11.6 Å². The van der Waals surface area contributed by atoms with Gasteiger partial charge in [0.25, 0.3) is 5.91 Å². The van der Waals surface area contributed by atoms with Crippen LogP contribution in [0.2, 0.25) is 5.02 Å². The largest absolute Gasteiger partial charge is 0.486 e. The summed E-state index contributed by atoms with van der Waals surface area (Å²) in [7, 11) is 2.10. The topological polar surface area (TPSA) is 54.7 Å². The second kappa shape index (κ2) is 7.93. The van der Waals surface area contributed by atoms with Crippen molar-refractivity contribution in [2.45, 2.75) is 32.4 Å². The van der Waals surface area contributed by atoms with Crippen molar-refractivity contribution in [3.05, 3.63) is 52.4 Å². The van der Waals surface area contributed by atoms with Crippen LogP contribution in [0.4, 0.5) is 0 Å². The molecule has 0 aliphatic carbocycles. The highest BCUT2D eigenvalue weighted by Crippen LogP contribution is 2.22. The maximum absolute atomic E-state index is 12.3. The monoisotopic (exact) mass is 362 g/mol. The van der Waals surface area contributed by atoms with Crippen LogP contribution in [-0.2, 0) is 6.61 Å². The summed E-state index contributed by atoms with van der Waals surface area (Å²) in [5, 5.41) is 3.75. The molecule has 1 aliphatic rings. The first-order valence-corrected chi connectivity index (χ1v) is 8.86. The normalized spacial score (nSPS) is 16.0. The molecule has 1 N–H and O–H groups in total. The number of hydrogen-bond donors (Lipinski definition) is 1. The number of halogens is 1. The first-order valence-electron chi connectivity index (χ1n) is 8.48. The predicted molar refractivity (Wildman–Crippen MR) is 97.2 cm³/mol. The Morgan fingerprint density at radius 2 is 2.08 bits per heavy atom. The molecule has 25 heavy (non-hydrogen) atoms. The number of nitrogens with zero attached hydrogens (tertiary/aromatic N) is 1. The highest BCUT2D eigenvalue weighted by Gasteiger charge is 2.20. The maximum Gasteiger partial charge on any atom is 0.287 e. The molecule has 1 fully saturated rings. The molecule has 1 aromatic heterocycles. The van der Waals surface area contributed by atoms with Gasteiger partial charge in [0.2, 0.25) is 0 Å². The van der Waals surface area contributed by atoms with E-state index in [9.17, 15) is 4.79 Å². The summed E-state index contributed by atoms with van der Waals surface area (Å²) in [5.41, 5.74) is 0.955. The highest BCUT2D eigenvalue weighted by atomic mass is 35.5. The van der Waals surface area contributed by atoms with Crippen molar-refractivity contribution in [1.82, 2.24) is 10.2 Å². The van der Waals surface area contributed by atoms with Gasteiger partial charge >= 0.3 is 0 Å². The zero-order valence-corrected chi connectivity index (χ0v) is 15.3. The highest BCUT2D eigenvalue weighted by molar-refractivity contribution is 6.31. The van der Waals surface area contributed by atoms with Crippen molar-refractivity contribution < 1.29 is 13.9 Å². The molecule has 5 nitrogen and oxygen atoms in total. The Morgan fingerprint density at radius 1 is 1.32 bits per heavy atom. The summed E-state index contributed by atoms with van der Waals surface area (Å²) >= 11 is 6.00. The molecular formula is C19H23ClN2O3. The van der Waals surface area contributed by atoms with Crippen LogP contribution in [0.5, 0.6) is 5.75 Å². The van der Waals surface area contributed by atoms with Gasteiger partial charge in [0.05, 0.1) is 0 Å². The van der Waals surface area contributed by atoms with Crippen molar-refractivity contribution in [1.29, 1.82) is 0 Å². The van der Waals surface area contributed by atoms with E-state index in [-0.39, 0.29) is 18.6 Å². The van der Waals surface area contributed by atoms with Gasteiger partial charge in [-0.3, -0.25) is 4.79 Å². The minimum atomic E-state index is -0.164. The van der Waals surface area contributed by atoms with Crippen LogP contribution in [0, 0.1) is 6.92 Å². The standard InChI is InChI=1S/C19H23ClN2O3/c1-13-11-15(3-5-17(13)20)24-12-16-4-6-18(25-16)19(23)21-14-7-9-22(2)10-8-14/h3-6,11,14H,7-10,12H2,1-2H3,(H,21,23). The molecule has 1 aliphatic heterocycles. The number of nitrogens with one attached hydrogen (secondary N) is 1. The lowest BCUT2D eigenvalue weighted by Crippen LogP contribution is -2.43. The van der Waals surface area contributed by atoms with E-state index in [0.717, 1.165) is 37.2 Å². The number of rotatable bonds is 5. The van der Waals surface area contributed by atoms with Crippen molar-refractivity contribution >= 4 is 17.5 Å². The number of furan rings is 1. The number of ether oxygens (including phenoxy) is 1. The number of likely N-dealkylation sites (tertiary alicyclic amines) is 1. The van der Waals surface area contributed by atoms with E-state index in [1.54, 1.807) is 18.2 Å². The molecular weight excluding hydrogens is 340 g/mol. The number of hydrogen-bond acceptors (Lipinski definition) is 4. The Morgan fingerprint density at radius 3 is 2.80 bits per heavy atom. The second-order valence-electron chi connectivity index (χ2n) is 6.52. The van der Waals surface area contributed by atoms with Gasteiger partial charge < -0.3 is 19.4 Å². The molecule has 2 heterocycles. The average molecular weight is 363 g/mol. The molecule has 0 radical (unpaired) electrons. The SMILES string of the molecule is Cc1cc(OCc2ccc(C(=O)NC3CCN(C)CC3)o2)ccc1Cl. The van der Waals surface area contributed by atoms with Gasteiger partial charge in [-0.05, 0) is 75.8 Å². The summed E-state index contributed by atoms with van der Waals surface area (Å²) in [6.45, 7) is 4.20. The van der Waals surface area contributed by atoms with Crippen molar-refractivity contribution in [2.75, 3.05) is 20.1 Å². The van der Waals surface area contributed by atoms with Crippen molar-refractivity contribution in [3.8, 4) is 5.75 Å². The zero-order valence-electron chi connectivity index (χ0n) is 14.5. The number of benzene rings is 1. The Labute approximate surface area is 152 Å². The molecule has 1 saturated heterocycles. The molecule has 2 aromatic rings. The van der Waals surface area contributed by atoms with E-state index >= 15 is 0 Å². The van der Waals surface area contributed by atoms with E-state index in [0.29, 0.717) is 16.5 Å². The Balaban J connectivity index is 1.52. The van der Waals surface area contributed by atoms with E-state index in [1.165, 1.54) is 0 Å². The third kappa shape index (κ3) is 4.77. The van der Waals surface area contributed by atoms with Gasteiger partial charge in [-0.2, -0.15) is 0 Å². The lowest BCUT2D eigenvalue weighted by atomic mass is 10.1. The maximum atomic E-state index is 12.3. The summed E-state index contributed by atoms with van der Waals surface area (Å²) in [6, 6.07) is 9.16. The number of piperidine rings is 1. The first kappa shape index (κ1) is 17.8. The molecule has 0 saturated carbocycles. The molecule has 6 heteroatoms. The Bertz CT molecular complexity index is 736. The summed E-state index contributed by atoms with van der Waals surface area (Å²) in [5.74, 6) is 1.49. The number of amides is 1. The van der Waals surface area contributed by atoms with Crippen LogP contribution in [0.25, 0.3) is 0 Å². The van der Waals surface area contributed by atoms with E-state index in [4.69, 9.17) is 20.8 Å². The van der Waals surface area contributed by atoms with Crippen LogP contribution in [0.15, 0.2) is 34.7 Å². The van der Waals surface area contributed by atoms with Crippen molar-refractivity contribution in [3.63, 3.8) is 0 Å². The third-order valence-electron chi connectivity index (χ3n) is 4.45. The fourth-order valence-corrected chi connectivity index (χ4v) is 2.97. The molecule has 1 amide bonds. The summed E-state index contributed by atoms with van der Waals surface area (Å²) < 4.78 is 11.3. The van der Waals surface area contributed by atoms with E-state index in [1.807, 2.05) is 19.1 Å².